The third-order valence-corrected chi connectivity index (χ3v) is 5.49. The average Bonchev–Trinajstić information content (AvgIpc) is 3.46. The van der Waals surface area contributed by atoms with Crippen molar-refractivity contribution in [3.63, 3.8) is 0 Å². The number of piperidine rings is 1. The number of carbonyl (C=O) groups is 2. The van der Waals surface area contributed by atoms with Gasteiger partial charge in [0.05, 0.1) is 5.92 Å². The van der Waals surface area contributed by atoms with Gasteiger partial charge in [0.1, 0.15) is 0 Å². The first-order chi connectivity index (χ1) is 13.6. The van der Waals surface area contributed by atoms with Gasteiger partial charge in [-0.25, -0.2) is 0 Å². The molecule has 0 spiro atoms. The Labute approximate surface area is 168 Å². The number of hydrogen-bond donors (Lipinski definition) is 1. The lowest BCUT2D eigenvalue weighted by atomic mass is 9.96. The highest BCUT2D eigenvalue weighted by atomic mass is 35.5. The molecule has 2 amide bonds. The molecule has 8 heteroatoms. The lowest BCUT2D eigenvalue weighted by Gasteiger charge is -2.32. The van der Waals surface area contributed by atoms with Crippen LogP contribution in [0.3, 0.4) is 0 Å². The Morgan fingerprint density at radius 1 is 1.18 bits per heavy atom. The summed E-state index contributed by atoms with van der Waals surface area (Å²) in [5, 5.41) is 7.56. The van der Waals surface area contributed by atoms with Crippen LogP contribution < -0.4 is 5.32 Å². The molecule has 1 aromatic carbocycles. The molecule has 2 aliphatic rings. The largest absolute Gasteiger partial charge is 0.355 e. The quantitative estimate of drug-likeness (QED) is 0.802. The van der Waals surface area contributed by atoms with Gasteiger partial charge in [0.2, 0.25) is 23.5 Å². The summed E-state index contributed by atoms with van der Waals surface area (Å²) in [5.41, 5.74) is 0.825. The van der Waals surface area contributed by atoms with Crippen LogP contribution in [0.4, 0.5) is 0 Å². The van der Waals surface area contributed by atoms with Gasteiger partial charge in [-0.2, -0.15) is 4.98 Å². The summed E-state index contributed by atoms with van der Waals surface area (Å²) in [6.07, 6.45) is 4.15. The van der Waals surface area contributed by atoms with E-state index >= 15 is 0 Å². The van der Waals surface area contributed by atoms with Crippen molar-refractivity contribution in [2.75, 3.05) is 19.6 Å². The molecule has 7 nitrogen and oxygen atoms in total. The molecule has 0 bridgehead atoms. The number of rotatable bonds is 6. The normalized spacial score (nSPS) is 19.5. The average molecular weight is 403 g/mol. The van der Waals surface area contributed by atoms with Crippen molar-refractivity contribution in [3.05, 3.63) is 35.2 Å². The van der Waals surface area contributed by atoms with Crippen molar-refractivity contribution in [2.45, 2.75) is 32.1 Å². The van der Waals surface area contributed by atoms with E-state index in [1.54, 1.807) is 12.1 Å². The molecule has 1 N–H and O–H groups in total. The maximum Gasteiger partial charge on any atom is 0.228 e. The van der Waals surface area contributed by atoms with Gasteiger partial charge in [-0.3, -0.25) is 9.59 Å². The number of hydrogen-bond acceptors (Lipinski definition) is 5. The van der Waals surface area contributed by atoms with Crippen molar-refractivity contribution in [3.8, 4) is 11.4 Å². The molecule has 1 aliphatic carbocycles. The summed E-state index contributed by atoms with van der Waals surface area (Å²) in [6.45, 7) is 1.73. The summed E-state index contributed by atoms with van der Waals surface area (Å²) in [4.78, 5) is 30.9. The molecule has 1 saturated heterocycles. The fraction of sp³-hybridized carbons (Fsp3) is 0.500. The number of aromatic nitrogens is 2. The molecule has 2 aromatic rings. The molecule has 2 heterocycles. The smallest absolute Gasteiger partial charge is 0.228 e. The number of nitrogens with zero attached hydrogens (tertiary/aromatic N) is 3. The van der Waals surface area contributed by atoms with E-state index in [9.17, 15) is 9.59 Å². The summed E-state index contributed by atoms with van der Waals surface area (Å²) < 4.78 is 5.26. The molecule has 1 unspecified atom stereocenters. The van der Waals surface area contributed by atoms with Crippen molar-refractivity contribution in [1.29, 1.82) is 0 Å². The maximum atomic E-state index is 12.5. The van der Waals surface area contributed by atoms with Crippen LogP contribution in [0.2, 0.25) is 5.02 Å². The number of halogens is 1. The lowest BCUT2D eigenvalue weighted by molar-refractivity contribution is -0.136. The molecular formula is C20H23ClN4O3. The molecule has 1 atom stereocenters. The topological polar surface area (TPSA) is 88.3 Å². The molecule has 28 heavy (non-hydrogen) atoms. The molecule has 1 saturated carbocycles. The molecule has 0 radical (unpaired) electrons. The van der Waals surface area contributed by atoms with Gasteiger partial charge >= 0.3 is 0 Å². The number of amides is 2. The minimum Gasteiger partial charge on any atom is -0.355 e. The second-order valence-electron chi connectivity index (χ2n) is 7.46. The van der Waals surface area contributed by atoms with Crippen LogP contribution >= 0.6 is 11.6 Å². The molecule has 148 valence electrons. The molecule has 4 rings (SSSR count). The Hall–Kier alpha value is -2.41. The van der Waals surface area contributed by atoms with E-state index in [-0.39, 0.29) is 23.7 Å². The Morgan fingerprint density at radius 2 is 1.96 bits per heavy atom. The van der Waals surface area contributed by atoms with Gasteiger partial charge in [-0.05, 0) is 49.9 Å². The maximum absolute atomic E-state index is 12.5. The third-order valence-electron chi connectivity index (χ3n) is 5.24. The van der Waals surface area contributed by atoms with E-state index in [2.05, 4.69) is 15.5 Å². The zero-order chi connectivity index (χ0) is 19.5. The zero-order valence-electron chi connectivity index (χ0n) is 15.6. The molecule has 1 aromatic heterocycles. The number of carbonyl (C=O) groups excluding carboxylic acids is 2. The van der Waals surface area contributed by atoms with Crippen molar-refractivity contribution < 1.29 is 14.1 Å². The molecule has 2 fully saturated rings. The monoisotopic (exact) mass is 402 g/mol. The van der Waals surface area contributed by atoms with Crippen molar-refractivity contribution in [2.24, 2.45) is 11.8 Å². The zero-order valence-corrected chi connectivity index (χ0v) is 16.3. The van der Waals surface area contributed by atoms with Gasteiger partial charge < -0.3 is 14.7 Å². The van der Waals surface area contributed by atoms with E-state index in [1.807, 2.05) is 17.0 Å². The van der Waals surface area contributed by atoms with E-state index in [1.165, 1.54) is 0 Å². The highest BCUT2D eigenvalue weighted by Gasteiger charge is 2.36. The molecular weight excluding hydrogens is 380 g/mol. The lowest BCUT2D eigenvalue weighted by Crippen LogP contribution is -2.46. The number of benzene rings is 1. The summed E-state index contributed by atoms with van der Waals surface area (Å²) in [5.74, 6) is 1.25. The minimum absolute atomic E-state index is 0.00858. The van der Waals surface area contributed by atoms with E-state index < -0.39 is 0 Å². The van der Waals surface area contributed by atoms with Gasteiger partial charge in [-0.1, -0.05) is 16.8 Å². The fourth-order valence-corrected chi connectivity index (χ4v) is 3.62. The predicted molar refractivity (Wildman–Crippen MR) is 103 cm³/mol. The van der Waals surface area contributed by atoms with Crippen molar-refractivity contribution >= 4 is 23.4 Å². The summed E-state index contributed by atoms with van der Waals surface area (Å²) >= 11 is 5.89. The fourth-order valence-electron chi connectivity index (χ4n) is 3.49. The van der Waals surface area contributed by atoms with Crippen LogP contribution in [0.5, 0.6) is 0 Å². The van der Waals surface area contributed by atoms with Crippen LogP contribution in [0.1, 0.15) is 31.6 Å². The van der Waals surface area contributed by atoms with Crippen molar-refractivity contribution in [1.82, 2.24) is 20.4 Å². The Bertz CT molecular complexity index is 847. The van der Waals surface area contributed by atoms with Crippen LogP contribution in [0.15, 0.2) is 28.8 Å². The van der Waals surface area contributed by atoms with Crippen LogP contribution in [0, 0.1) is 11.8 Å². The summed E-state index contributed by atoms with van der Waals surface area (Å²) in [6, 6.07) is 7.20. The first-order valence-corrected chi connectivity index (χ1v) is 10.1. The second-order valence-corrected chi connectivity index (χ2v) is 7.89. The minimum atomic E-state index is -0.135. The Balaban J connectivity index is 1.25. The van der Waals surface area contributed by atoms with Gasteiger partial charge in [0.25, 0.3) is 0 Å². The highest BCUT2D eigenvalue weighted by molar-refractivity contribution is 6.30. The van der Waals surface area contributed by atoms with E-state index in [0.717, 1.165) is 37.8 Å². The predicted octanol–water partition coefficient (Wildman–Crippen LogP) is 2.70. The first-order valence-electron chi connectivity index (χ1n) is 9.75. The first kappa shape index (κ1) is 18.9. The van der Waals surface area contributed by atoms with Crippen LogP contribution in [-0.4, -0.2) is 46.5 Å². The van der Waals surface area contributed by atoms with Gasteiger partial charge in [0, 0.05) is 42.6 Å². The SMILES string of the molecule is O=C(NCCc1nc(-c2ccc(Cl)cc2)no1)C1CCCN(C(=O)C2CC2)C1. The number of likely N-dealkylation sites (tertiary alicyclic amines) is 1. The van der Waals surface area contributed by atoms with E-state index in [4.69, 9.17) is 16.1 Å². The van der Waals surface area contributed by atoms with Gasteiger partial charge in [0.15, 0.2) is 0 Å². The van der Waals surface area contributed by atoms with Gasteiger partial charge in [-0.15, -0.1) is 0 Å². The van der Waals surface area contributed by atoms with Crippen LogP contribution in [0.25, 0.3) is 11.4 Å². The Kier molecular flexibility index (Phi) is 5.62. The highest BCUT2D eigenvalue weighted by Crippen LogP contribution is 2.32. The summed E-state index contributed by atoms with van der Waals surface area (Å²) in [7, 11) is 0. The van der Waals surface area contributed by atoms with E-state index in [0.29, 0.717) is 36.2 Å². The molecule has 1 aliphatic heterocycles. The Morgan fingerprint density at radius 3 is 2.71 bits per heavy atom. The number of nitrogens with one attached hydrogen (secondary N) is 1. The second kappa shape index (κ2) is 8.31. The van der Waals surface area contributed by atoms with Crippen LogP contribution in [-0.2, 0) is 16.0 Å². The standard InChI is InChI=1S/C20H23ClN4O3/c21-16-7-5-13(6-8-16)18-23-17(28-24-18)9-10-22-19(26)15-2-1-11-25(12-15)20(27)14-3-4-14/h5-8,14-15H,1-4,9-12H2,(H,22,26). The third kappa shape index (κ3) is 4.52.